The Morgan fingerprint density at radius 1 is 0.963 bits per heavy atom. The number of carbonyl (C=O) groups is 1. The number of ether oxygens (including phenoxy) is 1. The van der Waals surface area contributed by atoms with Crippen molar-refractivity contribution < 1.29 is 9.53 Å². The molecule has 1 fully saturated rings. The molecule has 0 radical (unpaired) electrons. The average molecular weight is 389 g/mol. The van der Waals surface area contributed by atoms with Gasteiger partial charge in [0, 0.05) is 61.9 Å². The zero-order chi connectivity index (χ0) is 19.1. The molecule has 2 N–H and O–H groups in total. The number of benzene rings is 2. The second-order valence-corrected chi connectivity index (χ2v) is 6.89. The van der Waals surface area contributed by atoms with Crippen molar-refractivity contribution in [2.75, 3.05) is 62.0 Å². The predicted molar refractivity (Wildman–Crippen MR) is 111 cm³/mol. The molecule has 6 nitrogen and oxygen atoms in total. The number of amides is 2. The van der Waals surface area contributed by atoms with Gasteiger partial charge in [0.05, 0.1) is 6.61 Å². The normalized spacial score (nSPS) is 14.8. The third-order valence-corrected chi connectivity index (χ3v) is 4.83. The first-order valence-corrected chi connectivity index (χ1v) is 9.42. The summed E-state index contributed by atoms with van der Waals surface area (Å²) in [4.78, 5) is 16.9. The van der Waals surface area contributed by atoms with Gasteiger partial charge < -0.3 is 20.3 Å². The summed E-state index contributed by atoms with van der Waals surface area (Å²) in [6.45, 7) is 5.81. The average Bonchev–Trinajstić information content (AvgIpc) is 2.69. The molecule has 1 aliphatic heterocycles. The number of piperazine rings is 1. The molecule has 144 valence electrons. The van der Waals surface area contributed by atoms with Gasteiger partial charge in [-0.2, -0.15) is 0 Å². The lowest BCUT2D eigenvalue weighted by Crippen LogP contribution is -2.47. The minimum absolute atomic E-state index is 0.281. The first-order chi connectivity index (χ1) is 13.1. The molecule has 2 aromatic carbocycles. The molecule has 0 aromatic heterocycles. The van der Waals surface area contributed by atoms with Crippen molar-refractivity contribution in [1.29, 1.82) is 0 Å². The largest absolute Gasteiger partial charge is 0.383 e. The topological polar surface area (TPSA) is 56.8 Å². The van der Waals surface area contributed by atoms with Crippen molar-refractivity contribution in [3.05, 3.63) is 53.6 Å². The number of nitrogens with one attached hydrogen (secondary N) is 2. The quantitative estimate of drug-likeness (QED) is 0.791. The molecule has 1 saturated heterocycles. The number of halogens is 1. The van der Waals surface area contributed by atoms with Crippen LogP contribution in [0, 0.1) is 0 Å². The van der Waals surface area contributed by atoms with E-state index in [0.29, 0.717) is 10.7 Å². The van der Waals surface area contributed by atoms with E-state index in [1.807, 2.05) is 24.3 Å². The van der Waals surface area contributed by atoms with E-state index in [0.717, 1.165) is 45.0 Å². The summed E-state index contributed by atoms with van der Waals surface area (Å²) in [6, 6.07) is 14.7. The van der Waals surface area contributed by atoms with Crippen LogP contribution in [-0.4, -0.2) is 57.4 Å². The Morgan fingerprint density at radius 2 is 1.52 bits per heavy atom. The van der Waals surface area contributed by atoms with Gasteiger partial charge in [-0.05, 0) is 48.5 Å². The van der Waals surface area contributed by atoms with Gasteiger partial charge in [0.25, 0.3) is 0 Å². The molecule has 1 aliphatic rings. The van der Waals surface area contributed by atoms with Gasteiger partial charge in [-0.15, -0.1) is 0 Å². The number of methoxy groups -OCH3 is 1. The maximum atomic E-state index is 12.1. The lowest BCUT2D eigenvalue weighted by molar-refractivity contribution is 0.144. The molecule has 0 saturated carbocycles. The van der Waals surface area contributed by atoms with Crippen LogP contribution in [0.4, 0.5) is 21.9 Å². The highest BCUT2D eigenvalue weighted by Crippen LogP contribution is 2.20. The molecule has 0 aliphatic carbocycles. The monoisotopic (exact) mass is 388 g/mol. The molecular formula is C20H25ClN4O2. The van der Waals surface area contributed by atoms with E-state index in [4.69, 9.17) is 16.3 Å². The molecule has 2 aromatic rings. The fraction of sp³-hybridized carbons (Fsp3) is 0.350. The summed E-state index contributed by atoms with van der Waals surface area (Å²) in [6.07, 6.45) is 0. The van der Waals surface area contributed by atoms with Crippen LogP contribution in [-0.2, 0) is 4.74 Å². The maximum Gasteiger partial charge on any atom is 0.323 e. The number of nitrogens with zero attached hydrogens (tertiary/aromatic N) is 2. The van der Waals surface area contributed by atoms with Gasteiger partial charge in [-0.25, -0.2) is 4.79 Å². The molecule has 0 spiro atoms. The Labute approximate surface area is 165 Å². The third-order valence-electron chi connectivity index (χ3n) is 4.58. The Morgan fingerprint density at radius 3 is 2.07 bits per heavy atom. The van der Waals surface area contributed by atoms with E-state index in [1.54, 1.807) is 31.4 Å². The zero-order valence-corrected chi connectivity index (χ0v) is 16.2. The minimum Gasteiger partial charge on any atom is -0.383 e. The van der Waals surface area contributed by atoms with Gasteiger partial charge in [0.2, 0.25) is 0 Å². The fourth-order valence-corrected chi connectivity index (χ4v) is 3.16. The lowest BCUT2D eigenvalue weighted by atomic mass is 10.2. The Balaban J connectivity index is 1.48. The molecule has 27 heavy (non-hydrogen) atoms. The number of anilines is 3. The summed E-state index contributed by atoms with van der Waals surface area (Å²) < 4.78 is 5.14. The standard InChI is InChI=1S/C20H25ClN4O2/c1-27-15-14-24-10-12-25(13-11-24)19-8-6-18(7-9-19)23-20(26)22-17-4-2-16(21)3-5-17/h2-9H,10-15H2,1H3,(H2,22,23,26). The molecule has 3 rings (SSSR count). The van der Waals surface area contributed by atoms with Crippen molar-refractivity contribution >= 4 is 34.7 Å². The molecule has 7 heteroatoms. The Hall–Kier alpha value is -2.28. The number of urea groups is 1. The second-order valence-electron chi connectivity index (χ2n) is 6.45. The van der Waals surface area contributed by atoms with Crippen molar-refractivity contribution in [3.63, 3.8) is 0 Å². The summed E-state index contributed by atoms with van der Waals surface area (Å²) in [5.74, 6) is 0. The van der Waals surface area contributed by atoms with Gasteiger partial charge >= 0.3 is 6.03 Å². The van der Waals surface area contributed by atoms with Crippen LogP contribution in [0.15, 0.2) is 48.5 Å². The van der Waals surface area contributed by atoms with Gasteiger partial charge in [-0.3, -0.25) is 4.90 Å². The van der Waals surface area contributed by atoms with Crippen molar-refractivity contribution in [3.8, 4) is 0 Å². The van der Waals surface area contributed by atoms with E-state index in [2.05, 4.69) is 20.4 Å². The summed E-state index contributed by atoms with van der Waals surface area (Å²) in [5.41, 5.74) is 2.62. The highest BCUT2D eigenvalue weighted by atomic mass is 35.5. The Kier molecular flexibility index (Phi) is 6.92. The van der Waals surface area contributed by atoms with E-state index in [1.165, 1.54) is 5.69 Å². The maximum absolute atomic E-state index is 12.1. The zero-order valence-electron chi connectivity index (χ0n) is 15.5. The number of carbonyl (C=O) groups excluding carboxylic acids is 1. The van der Waals surface area contributed by atoms with E-state index >= 15 is 0 Å². The van der Waals surface area contributed by atoms with Crippen molar-refractivity contribution in [2.24, 2.45) is 0 Å². The van der Waals surface area contributed by atoms with Crippen LogP contribution in [0.2, 0.25) is 5.02 Å². The van der Waals surface area contributed by atoms with Crippen LogP contribution in [0.5, 0.6) is 0 Å². The Bertz CT molecular complexity index is 729. The lowest BCUT2D eigenvalue weighted by Gasteiger charge is -2.36. The van der Waals surface area contributed by atoms with E-state index in [-0.39, 0.29) is 6.03 Å². The van der Waals surface area contributed by atoms with E-state index < -0.39 is 0 Å². The van der Waals surface area contributed by atoms with Crippen LogP contribution >= 0.6 is 11.6 Å². The number of hydrogen-bond acceptors (Lipinski definition) is 4. The van der Waals surface area contributed by atoms with Crippen LogP contribution < -0.4 is 15.5 Å². The molecule has 0 unspecified atom stereocenters. The SMILES string of the molecule is COCCN1CCN(c2ccc(NC(=O)Nc3ccc(Cl)cc3)cc2)CC1. The van der Waals surface area contributed by atoms with Crippen LogP contribution in [0.1, 0.15) is 0 Å². The molecular weight excluding hydrogens is 364 g/mol. The molecule has 1 heterocycles. The van der Waals surface area contributed by atoms with Crippen LogP contribution in [0.3, 0.4) is 0 Å². The molecule has 2 amide bonds. The number of hydrogen-bond donors (Lipinski definition) is 2. The van der Waals surface area contributed by atoms with Crippen molar-refractivity contribution in [2.45, 2.75) is 0 Å². The first-order valence-electron chi connectivity index (χ1n) is 9.04. The van der Waals surface area contributed by atoms with Crippen LogP contribution in [0.25, 0.3) is 0 Å². The van der Waals surface area contributed by atoms with E-state index in [9.17, 15) is 4.79 Å². The van der Waals surface area contributed by atoms with Gasteiger partial charge in [0.1, 0.15) is 0 Å². The van der Waals surface area contributed by atoms with Gasteiger partial charge in [0.15, 0.2) is 0 Å². The third kappa shape index (κ3) is 5.85. The minimum atomic E-state index is -0.281. The van der Waals surface area contributed by atoms with Gasteiger partial charge in [-0.1, -0.05) is 11.6 Å². The second kappa shape index (κ2) is 9.60. The summed E-state index contributed by atoms with van der Waals surface area (Å²) in [7, 11) is 1.74. The number of rotatable bonds is 6. The summed E-state index contributed by atoms with van der Waals surface area (Å²) >= 11 is 5.85. The van der Waals surface area contributed by atoms with Crippen molar-refractivity contribution in [1.82, 2.24) is 4.90 Å². The fourth-order valence-electron chi connectivity index (χ4n) is 3.03. The summed E-state index contributed by atoms with van der Waals surface area (Å²) in [5, 5.41) is 6.26. The highest BCUT2D eigenvalue weighted by molar-refractivity contribution is 6.30. The smallest absolute Gasteiger partial charge is 0.323 e. The predicted octanol–water partition coefficient (Wildman–Crippen LogP) is 3.75. The first kappa shape index (κ1) is 19.5. The molecule has 0 bridgehead atoms. The molecule has 0 atom stereocenters. The highest BCUT2D eigenvalue weighted by Gasteiger charge is 2.16.